The lowest BCUT2D eigenvalue weighted by molar-refractivity contribution is -0.870. The highest BCUT2D eigenvalue weighted by Crippen LogP contribution is 2.10. The number of unbranched alkanes of at least 4 members (excludes halogenated alkanes) is 7. The summed E-state index contributed by atoms with van der Waals surface area (Å²) in [6, 6.07) is 0. The lowest BCUT2D eigenvalue weighted by atomic mass is 10.1. The summed E-state index contributed by atoms with van der Waals surface area (Å²) in [6.45, 7) is 4.46. The largest absolute Gasteiger partial charge is 0.545 e. The van der Waals surface area contributed by atoms with E-state index in [-0.39, 0.29) is 38.6 Å². The number of esters is 2. The van der Waals surface area contributed by atoms with Gasteiger partial charge < -0.3 is 33.3 Å². The molecule has 0 aliphatic rings. The molecule has 0 saturated carbocycles. The Balaban J connectivity index is 4.64. The Morgan fingerprint density at radius 1 is 0.633 bits per heavy atom. The van der Waals surface area contributed by atoms with E-state index in [4.69, 9.17) is 18.9 Å². The molecular weight excluding hydrogens is 622 g/mol. The highest BCUT2D eigenvalue weighted by molar-refractivity contribution is 5.70. The van der Waals surface area contributed by atoms with Crippen molar-refractivity contribution in [3.05, 3.63) is 60.8 Å². The van der Waals surface area contributed by atoms with Gasteiger partial charge in [0.2, 0.25) is 0 Å². The summed E-state index contributed by atoms with van der Waals surface area (Å²) in [5, 5.41) is 11.6. The molecule has 0 amide bonds. The summed E-state index contributed by atoms with van der Waals surface area (Å²) in [5.74, 6) is -2.39. The van der Waals surface area contributed by atoms with E-state index in [9.17, 15) is 19.5 Å². The minimum Gasteiger partial charge on any atom is -0.545 e. The second-order valence-corrected chi connectivity index (χ2v) is 13.1. The fourth-order valence-corrected chi connectivity index (χ4v) is 4.39. The summed E-state index contributed by atoms with van der Waals surface area (Å²) in [5.41, 5.74) is 0. The lowest BCUT2D eigenvalue weighted by Gasteiger charge is -2.26. The summed E-state index contributed by atoms with van der Waals surface area (Å²) in [4.78, 5) is 36.5. The molecule has 9 nitrogen and oxygen atoms in total. The third-order valence-corrected chi connectivity index (χ3v) is 7.28. The third-order valence-electron chi connectivity index (χ3n) is 7.28. The van der Waals surface area contributed by atoms with Crippen molar-refractivity contribution in [2.45, 2.75) is 129 Å². The Morgan fingerprint density at radius 2 is 1.16 bits per heavy atom. The van der Waals surface area contributed by atoms with Crippen molar-refractivity contribution in [3.8, 4) is 0 Å². The molecule has 0 aromatic rings. The van der Waals surface area contributed by atoms with Crippen LogP contribution in [0.1, 0.15) is 117 Å². The summed E-state index contributed by atoms with van der Waals surface area (Å²) >= 11 is 0. The second kappa shape index (κ2) is 32.2. The zero-order chi connectivity index (χ0) is 36.4. The molecule has 49 heavy (non-hydrogen) atoms. The van der Waals surface area contributed by atoms with Gasteiger partial charge in [0.25, 0.3) is 0 Å². The van der Waals surface area contributed by atoms with Gasteiger partial charge in [-0.25, -0.2) is 0 Å². The monoisotopic (exact) mass is 689 g/mol. The minimum absolute atomic E-state index is 0.135. The zero-order valence-corrected chi connectivity index (χ0v) is 31.3. The van der Waals surface area contributed by atoms with Crippen LogP contribution in [0.5, 0.6) is 0 Å². The third kappa shape index (κ3) is 33.3. The Bertz CT molecular complexity index is 993. The SMILES string of the molecule is CC/C=C\C/C=C\C/C=C\C/C=C\C/C=C\CCCC(=O)OC(COC(=O)CCCCCCCCC)COC(OCC[N+](C)(C)C)C(=O)[O-]. The number of nitrogens with zero attached hydrogens (tertiary/aromatic N) is 1. The molecule has 2 unspecified atom stereocenters. The first-order valence-electron chi connectivity index (χ1n) is 18.4. The maximum atomic E-state index is 12.6. The molecule has 0 saturated heterocycles. The van der Waals surface area contributed by atoms with Crippen LogP contribution in [0.15, 0.2) is 60.8 Å². The predicted molar refractivity (Wildman–Crippen MR) is 195 cm³/mol. The number of quaternary nitrogens is 1. The van der Waals surface area contributed by atoms with Gasteiger partial charge in [-0.3, -0.25) is 9.59 Å². The van der Waals surface area contributed by atoms with Crippen molar-refractivity contribution in [3.63, 3.8) is 0 Å². The molecule has 0 fully saturated rings. The highest BCUT2D eigenvalue weighted by atomic mass is 16.7. The average Bonchev–Trinajstić information content (AvgIpc) is 3.05. The van der Waals surface area contributed by atoms with E-state index < -0.39 is 24.3 Å². The molecule has 0 aliphatic carbocycles. The molecular formula is C40H67NO8. The van der Waals surface area contributed by atoms with Crippen molar-refractivity contribution in [1.29, 1.82) is 0 Å². The molecule has 0 radical (unpaired) electrons. The molecule has 0 N–H and O–H groups in total. The van der Waals surface area contributed by atoms with Crippen LogP contribution in [0.4, 0.5) is 0 Å². The smallest absolute Gasteiger partial charge is 0.306 e. The number of aliphatic carboxylic acids is 1. The topological polar surface area (TPSA) is 111 Å². The zero-order valence-electron chi connectivity index (χ0n) is 31.3. The molecule has 0 heterocycles. The number of carboxylic acid groups (broad SMARTS) is 1. The number of likely N-dealkylation sites (N-methyl/N-ethyl adjacent to an activating group) is 1. The van der Waals surface area contributed by atoms with E-state index in [1.807, 2.05) is 27.2 Å². The Hall–Kier alpha value is -3.01. The summed E-state index contributed by atoms with van der Waals surface area (Å²) in [7, 11) is 5.86. The maximum absolute atomic E-state index is 12.6. The molecule has 0 rings (SSSR count). The van der Waals surface area contributed by atoms with Crippen molar-refractivity contribution >= 4 is 17.9 Å². The van der Waals surface area contributed by atoms with E-state index >= 15 is 0 Å². The molecule has 0 aliphatic heterocycles. The first-order valence-corrected chi connectivity index (χ1v) is 18.4. The number of ether oxygens (including phenoxy) is 4. The molecule has 0 bridgehead atoms. The van der Waals surface area contributed by atoms with Gasteiger partial charge in [0.15, 0.2) is 12.4 Å². The average molecular weight is 690 g/mol. The number of carboxylic acids is 1. The van der Waals surface area contributed by atoms with Gasteiger partial charge in [-0.15, -0.1) is 0 Å². The molecule has 0 aromatic heterocycles. The standard InChI is InChI=1S/C40H67NO8/c1-6-8-10-12-14-15-16-17-18-19-20-21-22-23-25-27-29-31-38(43)49-36(34-47-37(42)30-28-26-24-13-11-9-7-2)35-48-40(39(44)45)46-33-32-41(3,4)5/h8,10,14-15,17-18,20-21,23,25,36,40H,6-7,9,11-13,16,19,22,24,26-35H2,1-5H3/b10-8-,15-14-,18-17-,21-20-,25-23-. The van der Waals surface area contributed by atoms with Crippen LogP contribution in [0.2, 0.25) is 0 Å². The van der Waals surface area contributed by atoms with Gasteiger partial charge in [-0.05, 0) is 51.4 Å². The lowest BCUT2D eigenvalue weighted by Crippen LogP contribution is -2.44. The fraction of sp³-hybridized carbons (Fsp3) is 0.675. The van der Waals surface area contributed by atoms with Crippen molar-refractivity contribution in [2.24, 2.45) is 0 Å². The van der Waals surface area contributed by atoms with E-state index in [0.717, 1.165) is 57.8 Å². The van der Waals surface area contributed by atoms with Crippen molar-refractivity contribution in [2.75, 3.05) is 47.5 Å². The van der Waals surface area contributed by atoms with Gasteiger partial charge in [0.05, 0.1) is 40.3 Å². The number of hydrogen-bond acceptors (Lipinski definition) is 8. The van der Waals surface area contributed by atoms with E-state index in [0.29, 0.717) is 23.9 Å². The number of hydrogen-bond donors (Lipinski definition) is 0. The number of rotatable bonds is 32. The number of carbonyl (C=O) groups excluding carboxylic acids is 3. The van der Waals surface area contributed by atoms with Crippen molar-refractivity contribution in [1.82, 2.24) is 0 Å². The predicted octanol–water partition coefficient (Wildman–Crippen LogP) is 7.32. The Morgan fingerprint density at radius 3 is 1.71 bits per heavy atom. The Labute approximate surface area is 297 Å². The van der Waals surface area contributed by atoms with E-state index in [1.54, 1.807) is 0 Å². The van der Waals surface area contributed by atoms with Crippen LogP contribution in [-0.2, 0) is 33.3 Å². The first-order chi connectivity index (χ1) is 23.6. The number of carbonyl (C=O) groups is 3. The van der Waals surface area contributed by atoms with Crippen LogP contribution in [0.3, 0.4) is 0 Å². The second-order valence-electron chi connectivity index (χ2n) is 13.1. The van der Waals surface area contributed by atoms with Gasteiger partial charge in [0.1, 0.15) is 13.2 Å². The van der Waals surface area contributed by atoms with E-state index in [2.05, 4.69) is 68.5 Å². The maximum Gasteiger partial charge on any atom is 0.306 e. The molecule has 280 valence electrons. The van der Waals surface area contributed by atoms with E-state index in [1.165, 1.54) is 19.3 Å². The van der Waals surface area contributed by atoms with Crippen LogP contribution >= 0.6 is 0 Å². The molecule has 0 spiro atoms. The van der Waals surface area contributed by atoms with Crippen LogP contribution in [0, 0.1) is 0 Å². The van der Waals surface area contributed by atoms with Crippen molar-refractivity contribution < 1.29 is 42.9 Å². The number of allylic oxidation sites excluding steroid dienone is 10. The van der Waals surface area contributed by atoms with Gasteiger partial charge in [0, 0.05) is 12.8 Å². The Kier molecular flexibility index (Phi) is 30.2. The van der Waals surface area contributed by atoms with Gasteiger partial charge >= 0.3 is 11.9 Å². The first kappa shape index (κ1) is 46.0. The normalized spacial score (nSPS) is 13.7. The quantitative estimate of drug-likeness (QED) is 0.0238. The highest BCUT2D eigenvalue weighted by Gasteiger charge is 2.21. The van der Waals surface area contributed by atoms with Gasteiger partial charge in [-0.1, -0.05) is 113 Å². The molecule has 2 atom stereocenters. The summed E-state index contributed by atoms with van der Waals surface area (Å²) in [6.07, 6.45) is 32.8. The van der Waals surface area contributed by atoms with Gasteiger partial charge in [-0.2, -0.15) is 0 Å². The minimum atomic E-state index is -1.63. The van der Waals surface area contributed by atoms with Crippen LogP contribution in [0.25, 0.3) is 0 Å². The summed E-state index contributed by atoms with van der Waals surface area (Å²) < 4.78 is 22.3. The van der Waals surface area contributed by atoms with Crippen LogP contribution in [-0.4, -0.2) is 82.3 Å². The van der Waals surface area contributed by atoms with Crippen LogP contribution < -0.4 is 5.11 Å². The molecule has 9 heteroatoms. The fourth-order valence-electron chi connectivity index (χ4n) is 4.39. The molecule has 0 aromatic carbocycles.